The maximum atomic E-state index is 5.67. The molecule has 0 spiro atoms. The van der Waals surface area contributed by atoms with Crippen molar-refractivity contribution in [2.24, 2.45) is 0 Å². The first kappa shape index (κ1) is 15.0. The van der Waals surface area contributed by atoms with Gasteiger partial charge in [0.1, 0.15) is 5.75 Å². The van der Waals surface area contributed by atoms with Gasteiger partial charge >= 0.3 is 0 Å². The van der Waals surface area contributed by atoms with Crippen LogP contribution in [-0.2, 0) is 6.42 Å². The number of rotatable bonds is 9. The predicted octanol–water partition coefficient (Wildman–Crippen LogP) is 3.80. The summed E-state index contributed by atoms with van der Waals surface area (Å²) in [6.07, 6.45) is 4.77. The second-order valence-corrected chi connectivity index (χ2v) is 4.62. The summed E-state index contributed by atoms with van der Waals surface area (Å²) in [7, 11) is 0. The van der Waals surface area contributed by atoms with Crippen LogP contribution in [0, 0.1) is 0 Å². The van der Waals surface area contributed by atoms with Gasteiger partial charge in [-0.25, -0.2) is 0 Å². The van der Waals surface area contributed by atoms with Crippen molar-refractivity contribution in [2.75, 3.05) is 13.2 Å². The monoisotopic (exact) mass is 249 g/mol. The molecule has 0 saturated carbocycles. The van der Waals surface area contributed by atoms with Crippen LogP contribution in [0.15, 0.2) is 24.3 Å². The second kappa shape index (κ2) is 8.98. The van der Waals surface area contributed by atoms with Gasteiger partial charge in [-0.05, 0) is 44.4 Å². The summed E-state index contributed by atoms with van der Waals surface area (Å²) < 4.78 is 5.67. The Balaban J connectivity index is 2.54. The molecule has 0 radical (unpaired) electrons. The highest BCUT2D eigenvalue weighted by molar-refractivity contribution is 5.33. The van der Waals surface area contributed by atoms with E-state index >= 15 is 0 Å². The number of ether oxygens (including phenoxy) is 1. The van der Waals surface area contributed by atoms with Crippen LogP contribution in [0.5, 0.6) is 5.75 Å². The lowest BCUT2D eigenvalue weighted by Gasteiger charge is -2.18. The zero-order valence-corrected chi connectivity index (χ0v) is 12.0. The molecule has 0 aliphatic rings. The number of aryl methyl sites for hydroxylation is 1. The van der Waals surface area contributed by atoms with E-state index in [9.17, 15) is 0 Å². The first-order chi connectivity index (χ1) is 8.81. The van der Waals surface area contributed by atoms with Gasteiger partial charge in [0.25, 0.3) is 0 Å². The van der Waals surface area contributed by atoms with Gasteiger partial charge in [-0.1, -0.05) is 38.5 Å². The average molecular weight is 249 g/mol. The quantitative estimate of drug-likeness (QED) is 0.719. The van der Waals surface area contributed by atoms with Crippen molar-refractivity contribution in [3.05, 3.63) is 29.8 Å². The minimum atomic E-state index is 0.634. The third kappa shape index (κ3) is 5.09. The van der Waals surface area contributed by atoms with Crippen LogP contribution in [-0.4, -0.2) is 19.2 Å². The SMILES string of the molecule is CCCC(CCc1ccccc1OCC)NCC. The van der Waals surface area contributed by atoms with Crippen molar-refractivity contribution in [2.45, 2.75) is 52.5 Å². The first-order valence-corrected chi connectivity index (χ1v) is 7.25. The largest absolute Gasteiger partial charge is 0.494 e. The zero-order chi connectivity index (χ0) is 13.2. The van der Waals surface area contributed by atoms with Gasteiger partial charge in [0.2, 0.25) is 0 Å². The van der Waals surface area contributed by atoms with Crippen LogP contribution >= 0.6 is 0 Å². The summed E-state index contributed by atoms with van der Waals surface area (Å²) in [4.78, 5) is 0. The molecule has 1 aromatic carbocycles. The molecule has 1 aromatic rings. The molecule has 1 rings (SSSR count). The fourth-order valence-electron chi connectivity index (χ4n) is 2.32. The predicted molar refractivity (Wildman–Crippen MR) is 78.3 cm³/mol. The van der Waals surface area contributed by atoms with Crippen LogP contribution in [0.25, 0.3) is 0 Å². The molecule has 1 N–H and O–H groups in total. The van der Waals surface area contributed by atoms with Crippen LogP contribution in [0.4, 0.5) is 0 Å². The smallest absolute Gasteiger partial charge is 0.122 e. The van der Waals surface area contributed by atoms with Crippen LogP contribution < -0.4 is 10.1 Å². The summed E-state index contributed by atoms with van der Waals surface area (Å²) in [5.41, 5.74) is 1.33. The van der Waals surface area contributed by atoms with E-state index in [0.717, 1.165) is 25.3 Å². The topological polar surface area (TPSA) is 21.3 Å². The van der Waals surface area contributed by atoms with E-state index in [1.807, 2.05) is 13.0 Å². The molecule has 2 nitrogen and oxygen atoms in total. The lowest BCUT2D eigenvalue weighted by molar-refractivity contribution is 0.335. The molecule has 1 atom stereocenters. The summed E-state index contributed by atoms with van der Waals surface area (Å²) in [6, 6.07) is 9.03. The molecule has 102 valence electrons. The Hall–Kier alpha value is -1.02. The highest BCUT2D eigenvalue weighted by Gasteiger charge is 2.08. The van der Waals surface area contributed by atoms with Crippen LogP contribution in [0.3, 0.4) is 0 Å². The number of para-hydroxylation sites is 1. The molecular weight excluding hydrogens is 222 g/mol. The highest BCUT2D eigenvalue weighted by atomic mass is 16.5. The zero-order valence-electron chi connectivity index (χ0n) is 12.0. The molecule has 0 amide bonds. The van der Waals surface area contributed by atoms with E-state index < -0.39 is 0 Å². The van der Waals surface area contributed by atoms with Crippen molar-refractivity contribution in [3.63, 3.8) is 0 Å². The van der Waals surface area contributed by atoms with Crippen molar-refractivity contribution in [1.82, 2.24) is 5.32 Å². The summed E-state index contributed by atoms with van der Waals surface area (Å²) in [6.45, 7) is 8.25. The van der Waals surface area contributed by atoms with Crippen LogP contribution in [0.1, 0.15) is 45.6 Å². The van der Waals surface area contributed by atoms with E-state index in [1.165, 1.54) is 24.8 Å². The Morgan fingerprint density at radius 1 is 1.11 bits per heavy atom. The van der Waals surface area contributed by atoms with Crippen LogP contribution in [0.2, 0.25) is 0 Å². The molecule has 0 fully saturated rings. The highest BCUT2D eigenvalue weighted by Crippen LogP contribution is 2.20. The standard InChI is InChI=1S/C16H27NO/c1-4-9-15(17-5-2)13-12-14-10-7-8-11-16(14)18-6-3/h7-8,10-11,15,17H,4-6,9,12-13H2,1-3H3. The van der Waals surface area contributed by atoms with E-state index in [4.69, 9.17) is 4.74 Å². The summed E-state index contributed by atoms with van der Waals surface area (Å²) in [5, 5.41) is 3.56. The van der Waals surface area contributed by atoms with E-state index in [2.05, 4.69) is 37.4 Å². The van der Waals surface area contributed by atoms with E-state index in [-0.39, 0.29) is 0 Å². The van der Waals surface area contributed by atoms with Gasteiger partial charge in [-0.15, -0.1) is 0 Å². The fraction of sp³-hybridized carbons (Fsp3) is 0.625. The number of benzene rings is 1. The molecule has 0 aliphatic heterocycles. The lowest BCUT2D eigenvalue weighted by Crippen LogP contribution is -2.29. The summed E-state index contributed by atoms with van der Waals surface area (Å²) in [5.74, 6) is 1.05. The maximum Gasteiger partial charge on any atom is 0.122 e. The maximum absolute atomic E-state index is 5.67. The number of nitrogens with one attached hydrogen (secondary N) is 1. The Morgan fingerprint density at radius 3 is 2.56 bits per heavy atom. The summed E-state index contributed by atoms with van der Waals surface area (Å²) >= 11 is 0. The molecule has 0 aromatic heterocycles. The van der Waals surface area contributed by atoms with Gasteiger partial charge in [-0.3, -0.25) is 0 Å². The number of hydrogen-bond acceptors (Lipinski definition) is 2. The normalized spacial score (nSPS) is 12.4. The minimum Gasteiger partial charge on any atom is -0.494 e. The first-order valence-electron chi connectivity index (χ1n) is 7.25. The van der Waals surface area contributed by atoms with Gasteiger partial charge in [0.05, 0.1) is 6.61 Å². The Morgan fingerprint density at radius 2 is 1.89 bits per heavy atom. The molecule has 0 bridgehead atoms. The Labute approximate surface area is 112 Å². The third-order valence-electron chi connectivity index (χ3n) is 3.16. The number of hydrogen-bond donors (Lipinski definition) is 1. The van der Waals surface area contributed by atoms with Crippen molar-refractivity contribution in [3.8, 4) is 5.75 Å². The molecule has 0 saturated heterocycles. The molecule has 18 heavy (non-hydrogen) atoms. The molecular formula is C16H27NO. The third-order valence-corrected chi connectivity index (χ3v) is 3.16. The Bertz CT molecular complexity index is 319. The van der Waals surface area contributed by atoms with E-state index in [0.29, 0.717) is 6.04 Å². The molecule has 0 heterocycles. The van der Waals surface area contributed by atoms with Crippen molar-refractivity contribution < 1.29 is 4.74 Å². The van der Waals surface area contributed by atoms with E-state index in [1.54, 1.807) is 0 Å². The molecule has 2 heteroatoms. The average Bonchev–Trinajstić information content (AvgIpc) is 2.38. The molecule has 0 aliphatic carbocycles. The van der Waals surface area contributed by atoms with Crippen molar-refractivity contribution in [1.29, 1.82) is 0 Å². The lowest BCUT2D eigenvalue weighted by atomic mass is 10.0. The fourth-order valence-corrected chi connectivity index (χ4v) is 2.32. The molecule has 1 unspecified atom stereocenters. The van der Waals surface area contributed by atoms with Gasteiger partial charge in [-0.2, -0.15) is 0 Å². The van der Waals surface area contributed by atoms with Crippen molar-refractivity contribution >= 4 is 0 Å². The second-order valence-electron chi connectivity index (χ2n) is 4.62. The van der Waals surface area contributed by atoms with Gasteiger partial charge in [0.15, 0.2) is 0 Å². The minimum absolute atomic E-state index is 0.634. The van der Waals surface area contributed by atoms with Gasteiger partial charge in [0, 0.05) is 6.04 Å². The Kier molecular flexibility index (Phi) is 7.51. The van der Waals surface area contributed by atoms with Gasteiger partial charge < -0.3 is 10.1 Å².